The molecule has 0 spiro atoms. The number of nitrogens with zero attached hydrogens (tertiary/aromatic N) is 1. The first-order valence-corrected chi connectivity index (χ1v) is 4.05. The third-order valence-corrected chi connectivity index (χ3v) is 1.32. The molecule has 0 aliphatic carbocycles. The summed E-state index contributed by atoms with van der Waals surface area (Å²) in [6.07, 6.45) is 0. The summed E-state index contributed by atoms with van der Waals surface area (Å²) < 4.78 is 16.2. The van der Waals surface area contributed by atoms with Gasteiger partial charge in [0.15, 0.2) is 0 Å². The summed E-state index contributed by atoms with van der Waals surface area (Å²) in [5.41, 5.74) is 0. The largest absolute Gasteiger partial charge is 0.300 e. The van der Waals surface area contributed by atoms with Gasteiger partial charge in [-0.3, -0.25) is 4.18 Å². The first-order valence-electron chi connectivity index (χ1n) is 3.02. The number of Topliss-reactive ketones (excluding diaryl/α,β-unsaturated/α-hetero) is 1. The summed E-state index contributed by atoms with van der Waals surface area (Å²) in [5.74, 6) is 0.167. The van der Waals surface area contributed by atoms with E-state index >= 15 is 0 Å². The van der Waals surface area contributed by atoms with Gasteiger partial charge >= 0.3 is 0 Å². The molecular formula is C6H15NO3S. The van der Waals surface area contributed by atoms with E-state index in [9.17, 15) is 9.00 Å². The lowest BCUT2D eigenvalue weighted by molar-refractivity contribution is -0.114. The highest BCUT2D eigenvalue weighted by atomic mass is 32.2. The maximum absolute atomic E-state index is 10.3. The Labute approximate surface area is 70.3 Å². The van der Waals surface area contributed by atoms with Gasteiger partial charge in [0.25, 0.3) is 0 Å². The lowest BCUT2D eigenvalue weighted by Gasteiger charge is -2.03. The van der Waals surface area contributed by atoms with E-state index in [0.29, 0.717) is 0 Å². The maximum atomic E-state index is 10.3. The van der Waals surface area contributed by atoms with Crippen molar-refractivity contribution in [2.24, 2.45) is 0 Å². The Kier molecular flexibility index (Phi) is 9.51. The number of ketones is 1. The predicted molar refractivity (Wildman–Crippen MR) is 45.2 cm³/mol. The molecule has 0 heterocycles. The number of hydrogen-bond acceptors (Lipinski definition) is 3. The monoisotopic (exact) mass is 181 g/mol. The molecule has 0 aromatic rings. The van der Waals surface area contributed by atoms with Gasteiger partial charge in [0.05, 0.1) is 7.11 Å². The lowest BCUT2D eigenvalue weighted by Crippen LogP contribution is -2.15. The van der Waals surface area contributed by atoms with Gasteiger partial charge < -0.3 is 4.79 Å². The zero-order valence-electron chi connectivity index (χ0n) is 7.58. The summed E-state index contributed by atoms with van der Waals surface area (Å²) in [6.45, 7) is 3.06. The molecule has 0 saturated heterocycles. The van der Waals surface area contributed by atoms with Gasteiger partial charge in [-0.1, -0.05) is 0 Å². The first-order chi connectivity index (χ1) is 4.91. The van der Waals surface area contributed by atoms with E-state index in [1.807, 2.05) is 0 Å². The normalized spacial score (nSPS) is 11.8. The van der Waals surface area contributed by atoms with Gasteiger partial charge in [-0.2, -0.15) is 0 Å². The van der Waals surface area contributed by atoms with Crippen molar-refractivity contribution in [3.63, 3.8) is 0 Å². The molecule has 0 aliphatic rings. The van der Waals surface area contributed by atoms with Crippen LogP contribution in [0, 0.1) is 0 Å². The van der Waals surface area contributed by atoms with E-state index in [-0.39, 0.29) is 5.78 Å². The van der Waals surface area contributed by atoms with Gasteiger partial charge in [0, 0.05) is 14.1 Å². The van der Waals surface area contributed by atoms with E-state index < -0.39 is 11.3 Å². The highest BCUT2D eigenvalue weighted by Crippen LogP contribution is 1.82. The van der Waals surface area contributed by atoms with Crippen molar-refractivity contribution in [3.05, 3.63) is 0 Å². The van der Waals surface area contributed by atoms with E-state index in [2.05, 4.69) is 4.18 Å². The molecule has 4 nitrogen and oxygen atoms in total. The molecule has 0 bridgehead atoms. The van der Waals surface area contributed by atoms with Gasteiger partial charge in [-0.05, 0) is 13.8 Å². The molecule has 11 heavy (non-hydrogen) atoms. The van der Waals surface area contributed by atoms with Crippen LogP contribution in [0.3, 0.4) is 0 Å². The Morgan fingerprint density at radius 1 is 1.36 bits per heavy atom. The third-order valence-electron chi connectivity index (χ3n) is 0.441. The minimum Gasteiger partial charge on any atom is -0.300 e. The predicted octanol–water partition coefficient (Wildman–Crippen LogP) is 0.368. The van der Waals surface area contributed by atoms with Crippen molar-refractivity contribution in [2.45, 2.75) is 13.8 Å². The van der Waals surface area contributed by atoms with Crippen molar-refractivity contribution in [1.82, 2.24) is 4.31 Å². The smallest absolute Gasteiger partial charge is 0.236 e. The second kappa shape index (κ2) is 7.84. The minimum absolute atomic E-state index is 0.167. The average molecular weight is 181 g/mol. The molecule has 1 unspecified atom stereocenters. The molecule has 0 N–H and O–H groups in total. The van der Waals surface area contributed by atoms with Crippen LogP contribution in [0.2, 0.25) is 0 Å². The molecule has 0 amide bonds. The fraction of sp³-hybridized carbons (Fsp3) is 0.833. The second-order valence-electron chi connectivity index (χ2n) is 2.10. The second-order valence-corrected chi connectivity index (χ2v) is 3.60. The molecule has 0 radical (unpaired) electrons. The van der Waals surface area contributed by atoms with Gasteiger partial charge in [-0.25, -0.2) is 8.51 Å². The van der Waals surface area contributed by atoms with Crippen molar-refractivity contribution < 1.29 is 13.2 Å². The Bertz CT molecular complexity index is 132. The van der Waals surface area contributed by atoms with Crippen LogP contribution in [-0.2, 0) is 20.2 Å². The lowest BCUT2D eigenvalue weighted by atomic mass is 10.6. The number of carbonyl (C=O) groups is 1. The molecule has 0 fully saturated rings. The van der Waals surface area contributed by atoms with E-state index in [1.165, 1.54) is 25.3 Å². The Morgan fingerprint density at radius 3 is 1.64 bits per heavy atom. The van der Waals surface area contributed by atoms with Gasteiger partial charge in [0.1, 0.15) is 5.78 Å². The summed E-state index contributed by atoms with van der Waals surface area (Å²) >= 11 is -1.25. The Balaban J connectivity index is 0. The van der Waals surface area contributed by atoms with Crippen molar-refractivity contribution in [3.8, 4) is 0 Å². The standard InChI is InChI=1S/C3H9NO2S.C3H6O/c1-4(2)7(5)6-3;1-3(2)4/h1-3H3;1-2H3. The quantitative estimate of drug-likeness (QED) is 0.618. The fourth-order valence-corrected chi connectivity index (χ4v) is 0.447. The van der Waals surface area contributed by atoms with Gasteiger partial charge in [0.2, 0.25) is 11.3 Å². The zero-order valence-corrected chi connectivity index (χ0v) is 8.40. The average Bonchev–Trinajstić information content (AvgIpc) is 1.85. The van der Waals surface area contributed by atoms with E-state index in [1.54, 1.807) is 14.1 Å². The van der Waals surface area contributed by atoms with Crippen LogP contribution in [0.25, 0.3) is 0 Å². The molecule has 0 aliphatic heterocycles. The number of carbonyl (C=O) groups excluding carboxylic acids is 1. The molecule has 5 heteroatoms. The third kappa shape index (κ3) is 17.7. The van der Waals surface area contributed by atoms with Crippen LogP contribution < -0.4 is 0 Å². The van der Waals surface area contributed by atoms with Crippen molar-refractivity contribution >= 4 is 17.0 Å². The van der Waals surface area contributed by atoms with E-state index in [0.717, 1.165) is 0 Å². The van der Waals surface area contributed by atoms with Crippen LogP contribution in [0.4, 0.5) is 0 Å². The molecule has 68 valence electrons. The first kappa shape index (κ1) is 13.3. The van der Waals surface area contributed by atoms with Crippen LogP contribution in [-0.4, -0.2) is 35.5 Å². The summed E-state index contributed by atoms with van der Waals surface area (Å²) in [6, 6.07) is 0. The molecule has 1 atom stereocenters. The SMILES string of the molecule is CC(C)=O.COS(=O)N(C)C. The minimum atomic E-state index is -1.25. The topological polar surface area (TPSA) is 46.6 Å². The molecular weight excluding hydrogens is 166 g/mol. The molecule has 0 aromatic heterocycles. The Morgan fingerprint density at radius 2 is 1.64 bits per heavy atom. The highest BCUT2D eigenvalue weighted by molar-refractivity contribution is 7.77. The summed E-state index contributed by atoms with van der Waals surface area (Å²) in [4.78, 5) is 9.44. The Hall–Kier alpha value is -0.260. The van der Waals surface area contributed by atoms with Crippen molar-refractivity contribution in [1.29, 1.82) is 0 Å². The van der Waals surface area contributed by atoms with E-state index in [4.69, 9.17) is 0 Å². The number of hydrogen-bond donors (Lipinski definition) is 0. The van der Waals surface area contributed by atoms with Crippen LogP contribution in [0.5, 0.6) is 0 Å². The molecule has 0 rings (SSSR count). The molecule has 0 aromatic carbocycles. The fourth-order valence-electron chi connectivity index (χ4n) is 0.149. The van der Waals surface area contributed by atoms with Crippen LogP contribution in [0.1, 0.15) is 13.8 Å². The van der Waals surface area contributed by atoms with Crippen LogP contribution in [0.15, 0.2) is 0 Å². The number of rotatable bonds is 2. The maximum Gasteiger partial charge on any atom is 0.236 e. The summed E-state index contributed by atoms with van der Waals surface area (Å²) in [5, 5.41) is 0. The molecule has 0 saturated carbocycles. The van der Waals surface area contributed by atoms with Crippen molar-refractivity contribution in [2.75, 3.05) is 21.2 Å². The summed E-state index contributed by atoms with van der Waals surface area (Å²) in [7, 11) is 4.76. The highest BCUT2D eigenvalue weighted by Gasteiger charge is 1.95. The van der Waals surface area contributed by atoms with Crippen LogP contribution >= 0.6 is 0 Å². The van der Waals surface area contributed by atoms with Gasteiger partial charge in [-0.15, -0.1) is 0 Å². The zero-order chi connectivity index (χ0) is 9.44.